The predicted octanol–water partition coefficient (Wildman–Crippen LogP) is 14.3. The molecule has 5 heteroatoms. The van der Waals surface area contributed by atoms with E-state index in [0.717, 1.165) is 72.6 Å². The van der Waals surface area contributed by atoms with Crippen LogP contribution in [-0.4, -0.2) is 26.7 Å². The van der Waals surface area contributed by atoms with Gasteiger partial charge in [-0.25, -0.2) is 15.0 Å². The Labute approximate surface area is 357 Å². The maximum absolute atomic E-state index is 5.24. The maximum Gasteiger partial charge on any atom is 0.164 e. The molecule has 5 nitrogen and oxygen atoms in total. The largest absolute Gasteiger partial charge is 0.273 e. The Hall–Kier alpha value is -7.89. The number of aryl methyl sites for hydroxylation is 2. The van der Waals surface area contributed by atoms with Crippen LogP contribution in [0.1, 0.15) is 23.9 Å². The quantitative estimate of drug-likeness (QED) is 0.102. The fourth-order valence-electron chi connectivity index (χ4n) is 7.82. The van der Waals surface area contributed by atoms with E-state index in [1.54, 1.807) is 6.20 Å². The molecule has 2 aromatic heterocycles. The zero-order valence-electron chi connectivity index (χ0n) is 34.4. The first-order chi connectivity index (χ1) is 29.9. The van der Waals surface area contributed by atoms with Crippen molar-refractivity contribution in [3.8, 4) is 78.7 Å². The van der Waals surface area contributed by atoms with Crippen LogP contribution in [0.3, 0.4) is 0 Å². The molecule has 0 aliphatic rings. The SMILES string of the molecule is C=N/C=C\C=C(/C)c1ccc(-c2nc(-c3ccc(-c4ccc(C)nc4C)cc3)nc(-c3cc(-c4ccc(-c5ccccc5)cc4)cc(-c4cccc5ccccc45)c3)n2)cc1. The summed E-state index contributed by atoms with van der Waals surface area (Å²) in [5.74, 6) is 1.78. The molecule has 0 aliphatic carbocycles. The third-order valence-corrected chi connectivity index (χ3v) is 11.1. The van der Waals surface area contributed by atoms with Crippen LogP contribution in [0, 0.1) is 13.8 Å². The minimum atomic E-state index is 0.592. The second-order valence-electron chi connectivity index (χ2n) is 15.2. The van der Waals surface area contributed by atoms with E-state index in [-0.39, 0.29) is 0 Å². The summed E-state index contributed by atoms with van der Waals surface area (Å²) in [6.45, 7) is 9.68. The van der Waals surface area contributed by atoms with Crippen LogP contribution in [-0.2, 0) is 0 Å². The highest BCUT2D eigenvalue weighted by molar-refractivity contribution is 5.98. The summed E-state index contributed by atoms with van der Waals surface area (Å²) in [5, 5.41) is 2.37. The minimum Gasteiger partial charge on any atom is -0.273 e. The molecule has 0 saturated heterocycles. The highest BCUT2D eigenvalue weighted by atomic mass is 15.0. The Balaban J connectivity index is 1.20. The molecular formula is C56H43N5. The fraction of sp³-hybridized carbons (Fsp3) is 0.0536. The van der Waals surface area contributed by atoms with E-state index in [4.69, 9.17) is 19.9 Å². The van der Waals surface area contributed by atoms with Gasteiger partial charge in [-0.15, -0.1) is 0 Å². The van der Waals surface area contributed by atoms with Crippen molar-refractivity contribution < 1.29 is 0 Å². The monoisotopic (exact) mass is 785 g/mol. The number of nitrogens with zero attached hydrogens (tertiary/aromatic N) is 5. The van der Waals surface area contributed by atoms with Gasteiger partial charge in [-0.2, -0.15) is 0 Å². The highest BCUT2D eigenvalue weighted by Crippen LogP contribution is 2.37. The van der Waals surface area contributed by atoms with E-state index in [1.165, 1.54) is 21.9 Å². The lowest BCUT2D eigenvalue weighted by Crippen LogP contribution is -2.01. The number of hydrogen-bond donors (Lipinski definition) is 0. The minimum absolute atomic E-state index is 0.592. The molecule has 0 radical (unpaired) electrons. The fourth-order valence-corrected chi connectivity index (χ4v) is 7.82. The Bertz CT molecular complexity index is 3090. The number of aromatic nitrogens is 4. The molecule has 7 aromatic carbocycles. The van der Waals surface area contributed by atoms with Crippen molar-refractivity contribution in [2.75, 3.05) is 0 Å². The molecular weight excluding hydrogens is 743 g/mol. The predicted molar refractivity (Wildman–Crippen MR) is 255 cm³/mol. The van der Waals surface area contributed by atoms with Crippen molar-refractivity contribution in [2.24, 2.45) is 4.99 Å². The zero-order chi connectivity index (χ0) is 41.7. The van der Waals surface area contributed by atoms with E-state index in [1.807, 2.05) is 25.1 Å². The van der Waals surface area contributed by atoms with Gasteiger partial charge in [0, 0.05) is 39.8 Å². The molecule has 9 aromatic rings. The maximum atomic E-state index is 5.24. The number of pyridine rings is 1. The van der Waals surface area contributed by atoms with E-state index >= 15 is 0 Å². The average molecular weight is 786 g/mol. The summed E-state index contributed by atoms with van der Waals surface area (Å²) in [4.78, 5) is 24.1. The summed E-state index contributed by atoms with van der Waals surface area (Å²) in [7, 11) is 0. The van der Waals surface area contributed by atoms with Crippen LogP contribution in [0.5, 0.6) is 0 Å². The summed E-state index contributed by atoms with van der Waals surface area (Å²) in [5.41, 5.74) is 15.8. The highest BCUT2D eigenvalue weighted by Gasteiger charge is 2.17. The molecule has 292 valence electrons. The third-order valence-electron chi connectivity index (χ3n) is 11.1. The Morgan fingerprint density at radius 1 is 0.459 bits per heavy atom. The summed E-state index contributed by atoms with van der Waals surface area (Å²) >= 11 is 0. The topological polar surface area (TPSA) is 63.9 Å². The van der Waals surface area contributed by atoms with E-state index in [0.29, 0.717) is 17.5 Å². The molecule has 0 bridgehead atoms. The summed E-state index contributed by atoms with van der Waals surface area (Å²) < 4.78 is 0. The smallest absolute Gasteiger partial charge is 0.164 e. The summed E-state index contributed by atoms with van der Waals surface area (Å²) in [6.07, 6.45) is 5.59. The first-order valence-corrected chi connectivity index (χ1v) is 20.4. The average Bonchev–Trinajstić information content (AvgIpc) is 3.31. The van der Waals surface area contributed by atoms with Gasteiger partial charge >= 0.3 is 0 Å². The van der Waals surface area contributed by atoms with Gasteiger partial charge in [-0.1, -0.05) is 158 Å². The molecule has 61 heavy (non-hydrogen) atoms. The van der Waals surface area contributed by atoms with Gasteiger partial charge in [0.2, 0.25) is 0 Å². The van der Waals surface area contributed by atoms with Crippen LogP contribution < -0.4 is 0 Å². The van der Waals surface area contributed by atoms with Gasteiger partial charge in [0.15, 0.2) is 17.5 Å². The Kier molecular flexibility index (Phi) is 10.9. The van der Waals surface area contributed by atoms with Crippen LogP contribution in [0.2, 0.25) is 0 Å². The van der Waals surface area contributed by atoms with Crippen LogP contribution >= 0.6 is 0 Å². The van der Waals surface area contributed by atoms with Crippen molar-refractivity contribution in [1.29, 1.82) is 0 Å². The molecule has 0 unspecified atom stereocenters. The van der Waals surface area contributed by atoms with Crippen LogP contribution in [0.15, 0.2) is 199 Å². The lowest BCUT2D eigenvalue weighted by Gasteiger charge is -2.14. The van der Waals surface area contributed by atoms with Crippen molar-refractivity contribution in [3.63, 3.8) is 0 Å². The van der Waals surface area contributed by atoms with Crippen LogP contribution in [0.25, 0.3) is 95.0 Å². The molecule has 0 spiro atoms. The second kappa shape index (κ2) is 17.1. The lowest BCUT2D eigenvalue weighted by atomic mass is 9.92. The molecule has 2 heterocycles. The molecule has 0 amide bonds. The van der Waals surface area contributed by atoms with Gasteiger partial charge in [0.05, 0.1) is 0 Å². The van der Waals surface area contributed by atoms with Gasteiger partial charge in [-0.3, -0.25) is 9.98 Å². The standard InChI is InChI=1S/C56H43N5/c1-37(12-11-33-57-4)40-20-28-46(29-21-40)54-59-55(47-30-26-45(27-31-47)51-32-19-38(2)58-39(51)3)61-56(60-54)50-35-48(43-24-22-42(23-25-43)41-13-6-5-7-14-41)34-49(36-50)53-18-10-16-44-15-8-9-17-52(44)53/h5-36H,4H2,1-3H3/b33-11-,37-12+. The molecule has 0 fully saturated rings. The van der Waals surface area contributed by atoms with Crippen molar-refractivity contribution >= 4 is 23.1 Å². The number of rotatable bonds is 10. The second-order valence-corrected chi connectivity index (χ2v) is 15.2. The van der Waals surface area contributed by atoms with Crippen molar-refractivity contribution in [3.05, 3.63) is 211 Å². The van der Waals surface area contributed by atoms with Gasteiger partial charge in [-0.05, 0) is 119 Å². The number of allylic oxidation sites excluding steroid dienone is 3. The molecule has 0 atom stereocenters. The molecule has 0 aliphatic heterocycles. The Morgan fingerprint density at radius 2 is 1.00 bits per heavy atom. The summed E-state index contributed by atoms with van der Waals surface area (Å²) in [6, 6.07) is 62.0. The molecule has 9 rings (SSSR count). The number of benzene rings is 7. The van der Waals surface area contributed by atoms with Gasteiger partial charge in [0.1, 0.15) is 0 Å². The first kappa shape index (κ1) is 38.6. The van der Waals surface area contributed by atoms with Gasteiger partial charge < -0.3 is 0 Å². The van der Waals surface area contributed by atoms with Crippen LogP contribution in [0.4, 0.5) is 0 Å². The normalized spacial score (nSPS) is 11.6. The van der Waals surface area contributed by atoms with E-state index < -0.39 is 0 Å². The van der Waals surface area contributed by atoms with Crippen molar-refractivity contribution in [1.82, 2.24) is 19.9 Å². The number of aliphatic imine (C=N–C) groups is 1. The molecule has 0 saturated carbocycles. The zero-order valence-corrected chi connectivity index (χ0v) is 34.4. The lowest BCUT2D eigenvalue weighted by molar-refractivity contribution is 1.07. The number of hydrogen-bond acceptors (Lipinski definition) is 5. The van der Waals surface area contributed by atoms with Crippen molar-refractivity contribution in [2.45, 2.75) is 20.8 Å². The first-order valence-electron chi connectivity index (χ1n) is 20.4. The number of fused-ring (bicyclic) bond motifs is 1. The van der Waals surface area contributed by atoms with E-state index in [2.05, 4.69) is 195 Å². The van der Waals surface area contributed by atoms with Gasteiger partial charge in [0.25, 0.3) is 0 Å². The Morgan fingerprint density at radius 3 is 1.69 bits per heavy atom. The third kappa shape index (κ3) is 8.36. The molecule has 0 N–H and O–H groups in total. The van der Waals surface area contributed by atoms with E-state index in [9.17, 15) is 0 Å².